The van der Waals surface area contributed by atoms with Crippen LogP contribution in [0.2, 0.25) is 0 Å². The van der Waals surface area contributed by atoms with Crippen molar-refractivity contribution in [1.29, 1.82) is 0 Å². The van der Waals surface area contributed by atoms with Crippen molar-refractivity contribution in [3.63, 3.8) is 0 Å². The van der Waals surface area contributed by atoms with Gasteiger partial charge in [0.05, 0.1) is 16.8 Å². The molecule has 1 aromatic rings. The molecule has 0 unspecified atom stereocenters. The number of halogens is 1. The SMILES string of the molecule is CCOC1CCN(C(=NC)NCCc2nc(CC)c(C)s2)CC1.I. The van der Waals surface area contributed by atoms with E-state index < -0.39 is 0 Å². The number of nitrogens with zero attached hydrogens (tertiary/aromatic N) is 3. The van der Waals surface area contributed by atoms with E-state index in [1.807, 2.05) is 18.4 Å². The van der Waals surface area contributed by atoms with Gasteiger partial charge in [0.1, 0.15) is 0 Å². The number of guanidine groups is 1. The van der Waals surface area contributed by atoms with Crippen LogP contribution in [0.25, 0.3) is 0 Å². The molecule has 138 valence electrons. The average Bonchev–Trinajstić information content (AvgIpc) is 2.93. The summed E-state index contributed by atoms with van der Waals surface area (Å²) in [5.41, 5.74) is 1.24. The summed E-state index contributed by atoms with van der Waals surface area (Å²) < 4.78 is 5.71. The van der Waals surface area contributed by atoms with Crippen molar-refractivity contribution in [2.45, 2.75) is 52.6 Å². The first-order chi connectivity index (χ1) is 11.2. The molecular weight excluding hydrogens is 435 g/mol. The number of aliphatic imine (C=N–C) groups is 1. The van der Waals surface area contributed by atoms with E-state index in [2.05, 4.69) is 36.0 Å². The van der Waals surface area contributed by atoms with Gasteiger partial charge in [-0.2, -0.15) is 0 Å². The summed E-state index contributed by atoms with van der Waals surface area (Å²) in [6, 6.07) is 0. The Hall–Kier alpha value is -0.410. The summed E-state index contributed by atoms with van der Waals surface area (Å²) in [7, 11) is 1.86. The van der Waals surface area contributed by atoms with Crippen LogP contribution in [-0.2, 0) is 17.6 Å². The van der Waals surface area contributed by atoms with Crippen LogP contribution in [0.4, 0.5) is 0 Å². The van der Waals surface area contributed by atoms with Crippen LogP contribution in [0, 0.1) is 6.92 Å². The molecule has 1 aliphatic rings. The number of hydrogen-bond donors (Lipinski definition) is 1. The number of aromatic nitrogens is 1. The number of piperidine rings is 1. The van der Waals surface area contributed by atoms with Crippen molar-refractivity contribution in [2.24, 2.45) is 4.99 Å². The maximum Gasteiger partial charge on any atom is 0.193 e. The Morgan fingerprint density at radius 3 is 2.62 bits per heavy atom. The number of hydrogen-bond acceptors (Lipinski definition) is 4. The van der Waals surface area contributed by atoms with Gasteiger partial charge in [-0.25, -0.2) is 4.98 Å². The third-order valence-corrected chi connectivity index (χ3v) is 5.32. The minimum atomic E-state index is 0. The predicted octanol–water partition coefficient (Wildman–Crippen LogP) is 3.25. The molecule has 2 rings (SSSR count). The second kappa shape index (κ2) is 11.3. The van der Waals surface area contributed by atoms with Gasteiger partial charge in [0.15, 0.2) is 5.96 Å². The lowest BCUT2D eigenvalue weighted by molar-refractivity contribution is 0.0264. The zero-order valence-electron chi connectivity index (χ0n) is 15.3. The molecule has 0 radical (unpaired) electrons. The van der Waals surface area contributed by atoms with Crippen LogP contribution in [0.15, 0.2) is 4.99 Å². The van der Waals surface area contributed by atoms with Crippen LogP contribution in [0.5, 0.6) is 0 Å². The minimum absolute atomic E-state index is 0. The fourth-order valence-electron chi connectivity index (χ4n) is 3.01. The summed E-state index contributed by atoms with van der Waals surface area (Å²) >= 11 is 1.82. The van der Waals surface area contributed by atoms with E-state index in [0.29, 0.717) is 6.10 Å². The summed E-state index contributed by atoms with van der Waals surface area (Å²) in [6.45, 7) is 10.1. The average molecular weight is 466 g/mol. The van der Waals surface area contributed by atoms with Crippen molar-refractivity contribution < 1.29 is 4.74 Å². The van der Waals surface area contributed by atoms with Gasteiger partial charge in [-0.1, -0.05) is 6.92 Å². The van der Waals surface area contributed by atoms with E-state index in [4.69, 9.17) is 9.72 Å². The van der Waals surface area contributed by atoms with Gasteiger partial charge in [-0.05, 0) is 33.1 Å². The molecule has 1 N–H and O–H groups in total. The lowest BCUT2D eigenvalue weighted by atomic mass is 10.1. The molecule has 0 aromatic carbocycles. The first-order valence-electron chi connectivity index (χ1n) is 8.70. The van der Waals surface area contributed by atoms with E-state index in [-0.39, 0.29) is 24.0 Å². The van der Waals surface area contributed by atoms with E-state index >= 15 is 0 Å². The summed E-state index contributed by atoms with van der Waals surface area (Å²) in [5, 5.41) is 4.70. The molecule has 0 saturated carbocycles. The molecular formula is C17H31IN4OS. The van der Waals surface area contributed by atoms with Gasteiger partial charge in [-0.3, -0.25) is 4.99 Å². The summed E-state index contributed by atoms with van der Waals surface area (Å²) in [4.78, 5) is 12.8. The zero-order chi connectivity index (χ0) is 16.7. The zero-order valence-corrected chi connectivity index (χ0v) is 18.4. The maximum absolute atomic E-state index is 5.71. The number of nitrogens with one attached hydrogen (secondary N) is 1. The molecule has 0 amide bonds. The predicted molar refractivity (Wildman–Crippen MR) is 113 cm³/mol. The first kappa shape index (κ1) is 21.6. The quantitative estimate of drug-likeness (QED) is 0.397. The van der Waals surface area contributed by atoms with Gasteiger partial charge in [0, 0.05) is 44.6 Å². The highest BCUT2D eigenvalue weighted by Gasteiger charge is 2.21. The molecule has 24 heavy (non-hydrogen) atoms. The van der Waals surface area contributed by atoms with Gasteiger partial charge in [0.25, 0.3) is 0 Å². The lowest BCUT2D eigenvalue weighted by Crippen LogP contribution is -2.47. The lowest BCUT2D eigenvalue weighted by Gasteiger charge is -2.34. The van der Waals surface area contributed by atoms with Gasteiger partial charge in [-0.15, -0.1) is 35.3 Å². The fraction of sp³-hybridized carbons (Fsp3) is 0.765. The van der Waals surface area contributed by atoms with Crippen molar-refractivity contribution >= 4 is 41.3 Å². The molecule has 1 aliphatic heterocycles. The Bertz CT molecular complexity index is 513. The fourth-order valence-corrected chi connectivity index (χ4v) is 4.03. The normalized spacial score (nSPS) is 16.2. The van der Waals surface area contributed by atoms with Gasteiger partial charge < -0.3 is 15.0 Å². The van der Waals surface area contributed by atoms with Crippen LogP contribution in [-0.4, -0.2) is 55.2 Å². The molecule has 0 spiro atoms. The van der Waals surface area contributed by atoms with E-state index in [1.54, 1.807) is 0 Å². The standard InChI is InChI=1S/C17H30N4OS.HI/c1-5-15-13(3)23-16(20-15)7-10-19-17(18-4)21-11-8-14(9-12-21)22-6-2;/h14H,5-12H2,1-4H3,(H,18,19);1H. The van der Waals surface area contributed by atoms with Crippen molar-refractivity contribution in [3.05, 3.63) is 15.6 Å². The molecule has 7 heteroatoms. The van der Waals surface area contributed by atoms with E-state index in [1.165, 1.54) is 15.6 Å². The molecule has 1 fully saturated rings. The second-order valence-electron chi connectivity index (χ2n) is 5.83. The molecule has 0 atom stereocenters. The number of likely N-dealkylation sites (tertiary alicyclic amines) is 1. The highest BCUT2D eigenvalue weighted by atomic mass is 127. The monoisotopic (exact) mass is 466 g/mol. The Balaban J connectivity index is 0.00000288. The number of thiazole rings is 1. The molecule has 0 aliphatic carbocycles. The van der Waals surface area contributed by atoms with Crippen LogP contribution in [0.3, 0.4) is 0 Å². The van der Waals surface area contributed by atoms with Gasteiger partial charge >= 0.3 is 0 Å². The van der Waals surface area contributed by atoms with Crippen LogP contribution in [0.1, 0.15) is 42.3 Å². The number of aryl methyl sites for hydroxylation is 2. The maximum atomic E-state index is 5.71. The highest BCUT2D eigenvalue weighted by Crippen LogP contribution is 2.18. The Labute approximate surface area is 167 Å². The molecule has 0 bridgehead atoms. The second-order valence-corrected chi connectivity index (χ2v) is 7.12. The van der Waals surface area contributed by atoms with Crippen molar-refractivity contribution in [3.8, 4) is 0 Å². The largest absolute Gasteiger partial charge is 0.378 e. The summed E-state index contributed by atoms with van der Waals surface area (Å²) in [5.74, 6) is 1.00. The van der Waals surface area contributed by atoms with Crippen molar-refractivity contribution in [1.82, 2.24) is 15.2 Å². The third kappa shape index (κ3) is 6.15. The Kier molecular flexibility index (Phi) is 10.1. The summed E-state index contributed by atoms with van der Waals surface area (Å²) in [6.07, 6.45) is 4.56. The first-order valence-corrected chi connectivity index (χ1v) is 9.51. The molecule has 5 nitrogen and oxygen atoms in total. The van der Waals surface area contributed by atoms with Crippen LogP contribution >= 0.6 is 35.3 Å². The molecule has 2 heterocycles. The Morgan fingerprint density at radius 2 is 2.08 bits per heavy atom. The minimum Gasteiger partial charge on any atom is -0.378 e. The molecule has 1 saturated heterocycles. The number of rotatable bonds is 6. The van der Waals surface area contributed by atoms with Crippen LogP contribution < -0.4 is 5.32 Å². The highest BCUT2D eigenvalue weighted by molar-refractivity contribution is 14.0. The Morgan fingerprint density at radius 1 is 1.38 bits per heavy atom. The number of ether oxygens (including phenoxy) is 1. The van der Waals surface area contributed by atoms with E-state index in [9.17, 15) is 0 Å². The molecule has 1 aromatic heterocycles. The third-order valence-electron chi connectivity index (χ3n) is 4.25. The van der Waals surface area contributed by atoms with Gasteiger partial charge in [0.2, 0.25) is 0 Å². The van der Waals surface area contributed by atoms with Crippen molar-refractivity contribution in [2.75, 3.05) is 33.3 Å². The smallest absolute Gasteiger partial charge is 0.193 e. The topological polar surface area (TPSA) is 49.8 Å². The van der Waals surface area contributed by atoms with E-state index in [0.717, 1.165) is 57.9 Å².